The molecule has 1 saturated carbocycles. The summed E-state index contributed by atoms with van der Waals surface area (Å²) in [5.74, 6) is 2.42. The van der Waals surface area contributed by atoms with E-state index in [1.54, 1.807) is 6.07 Å². The molecular formula is C22H35N5O3S. The second kappa shape index (κ2) is 9.39. The molecule has 4 fully saturated rings. The standard InChI is InChI=1S/C22H35N5O3S/c1-2-18(24-22(28)20-9-21(30-25-20)16-12-29-13-16)8-19-4-3-5-27(19)31-26-10-14-6-17(23)7-15(14)11-26/h9,14-19H,2-8,10-13,23H2,1H3,(H,24,28). The Balaban J connectivity index is 1.12. The van der Waals surface area contributed by atoms with Gasteiger partial charge >= 0.3 is 0 Å². The van der Waals surface area contributed by atoms with Gasteiger partial charge in [-0.05, 0) is 50.4 Å². The molecule has 1 aromatic rings. The van der Waals surface area contributed by atoms with Gasteiger partial charge in [0.25, 0.3) is 5.91 Å². The maximum absolute atomic E-state index is 12.7. The van der Waals surface area contributed by atoms with Crippen LogP contribution < -0.4 is 11.1 Å². The van der Waals surface area contributed by atoms with Crippen LogP contribution in [-0.2, 0) is 4.74 Å². The smallest absolute Gasteiger partial charge is 0.273 e. The molecule has 4 unspecified atom stereocenters. The van der Waals surface area contributed by atoms with Crippen LogP contribution in [0.15, 0.2) is 10.6 Å². The molecule has 172 valence electrons. The van der Waals surface area contributed by atoms with Gasteiger partial charge < -0.3 is 20.3 Å². The number of aromatic nitrogens is 1. The van der Waals surface area contributed by atoms with Crippen LogP contribution in [0.3, 0.4) is 0 Å². The van der Waals surface area contributed by atoms with Gasteiger partial charge in [0.05, 0.1) is 19.1 Å². The summed E-state index contributed by atoms with van der Waals surface area (Å²) in [6, 6.07) is 2.82. The fourth-order valence-electron chi connectivity index (χ4n) is 5.58. The van der Waals surface area contributed by atoms with Gasteiger partial charge in [-0.25, -0.2) is 8.61 Å². The molecule has 4 atom stereocenters. The van der Waals surface area contributed by atoms with Gasteiger partial charge in [-0.2, -0.15) is 0 Å². The van der Waals surface area contributed by atoms with Gasteiger partial charge in [-0.15, -0.1) is 0 Å². The fraction of sp³-hybridized carbons (Fsp3) is 0.818. The minimum atomic E-state index is -0.136. The Bertz CT molecular complexity index is 758. The summed E-state index contributed by atoms with van der Waals surface area (Å²) in [7, 11) is 0. The van der Waals surface area contributed by atoms with E-state index >= 15 is 0 Å². The van der Waals surface area contributed by atoms with Crippen LogP contribution in [0.5, 0.6) is 0 Å². The lowest BCUT2D eigenvalue weighted by Gasteiger charge is -2.30. The first-order valence-electron chi connectivity index (χ1n) is 11.9. The summed E-state index contributed by atoms with van der Waals surface area (Å²) in [5, 5.41) is 7.18. The van der Waals surface area contributed by atoms with Crippen LogP contribution in [0, 0.1) is 11.8 Å². The minimum absolute atomic E-state index is 0.136. The molecule has 0 aromatic carbocycles. The third kappa shape index (κ3) is 4.80. The largest absolute Gasteiger partial charge is 0.380 e. The summed E-state index contributed by atoms with van der Waals surface area (Å²) >= 11 is 1.94. The van der Waals surface area contributed by atoms with Crippen LogP contribution in [0.4, 0.5) is 0 Å². The van der Waals surface area contributed by atoms with Gasteiger partial charge in [-0.3, -0.25) is 4.79 Å². The molecule has 1 amide bonds. The van der Waals surface area contributed by atoms with Crippen molar-refractivity contribution in [3.8, 4) is 0 Å². The zero-order valence-electron chi connectivity index (χ0n) is 18.4. The van der Waals surface area contributed by atoms with Crippen molar-refractivity contribution < 1.29 is 14.1 Å². The van der Waals surface area contributed by atoms with E-state index in [0.29, 0.717) is 31.0 Å². The quantitative estimate of drug-likeness (QED) is 0.584. The lowest BCUT2D eigenvalue weighted by Crippen LogP contribution is -2.40. The number of hydrogen-bond donors (Lipinski definition) is 2. The molecule has 5 rings (SSSR count). The molecule has 1 aromatic heterocycles. The number of amides is 1. The van der Waals surface area contributed by atoms with Crippen LogP contribution in [0.25, 0.3) is 0 Å². The number of ether oxygens (including phenoxy) is 1. The Hall–Kier alpha value is -1.13. The summed E-state index contributed by atoms with van der Waals surface area (Å²) in [6.07, 6.45) is 6.68. The predicted octanol–water partition coefficient (Wildman–Crippen LogP) is 2.38. The number of fused-ring (bicyclic) bond motifs is 1. The Morgan fingerprint density at radius 2 is 2.13 bits per heavy atom. The molecule has 4 aliphatic rings. The molecule has 3 N–H and O–H groups in total. The normalized spacial score (nSPS) is 32.8. The highest BCUT2D eigenvalue weighted by molar-refractivity contribution is 7.94. The third-order valence-corrected chi connectivity index (χ3v) is 8.70. The number of nitrogens with one attached hydrogen (secondary N) is 1. The predicted molar refractivity (Wildman–Crippen MR) is 119 cm³/mol. The first kappa shape index (κ1) is 21.7. The average molecular weight is 450 g/mol. The summed E-state index contributed by atoms with van der Waals surface area (Å²) < 4.78 is 15.7. The zero-order valence-corrected chi connectivity index (χ0v) is 19.2. The van der Waals surface area contributed by atoms with E-state index < -0.39 is 0 Å². The zero-order chi connectivity index (χ0) is 21.4. The molecule has 9 heteroatoms. The van der Waals surface area contributed by atoms with E-state index in [-0.39, 0.29) is 17.9 Å². The highest BCUT2D eigenvalue weighted by Gasteiger charge is 2.41. The van der Waals surface area contributed by atoms with E-state index in [1.165, 1.54) is 38.8 Å². The molecule has 0 radical (unpaired) electrons. The van der Waals surface area contributed by atoms with Crippen molar-refractivity contribution >= 4 is 18.0 Å². The second-order valence-corrected chi connectivity index (χ2v) is 10.9. The fourth-order valence-corrected chi connectivity index (χ4v) is 6.92. The number of rotatable bonds is 8. The van der Waals surface area contributed by atoms with Crippen molar-refractivity contribution in [1.82, 2.24) is 19.1 Å². The molecule has 0 bridgehead atoms. The lowest BCUT2D eigenvalue weighted by molar-refractivity contribution is -0.00228. The highest BCUT2D eigenvalue weighted by atomic mass is 32.2. The molecule has 3 aliphatic heterocycles. The number of carbonyl (C=O) groups excluding carboxylic acids is 1. The maximum Gasteiger partial charge on any atom is 0.273 e. The van der Waals surface area contributed by atoms with Gasteiger partial charge in [0.1, 0.15) is 5.76 Å². The van der Waals surface area contributed by atoms with E-state index in [9.17, 15) is 4.79 Å². The van der Waals surface area contributed by atoms with Gasteiger partial charge in [-0.1, -0.05) is 12.1 Å². The van der Waals surface area contributed by atoms with Gasteiger partial charge in [0.15, 0.2) is 5.69 Å². The van der Waals surface area contributed by atoms with Crippen molar-refractivity contribution in [2.24, 2.45) is 17.6 Å². The highest BCUT2D eigenvalue weighted by Crippen LogP contribution is 2.42. The van der Waals surface area contributed by atoms with Crippen LogP contribution in [-0.4, -0.2) is 70.6 Å². The first-order valence-corrected chi connectivity index (χ1v) is 12.6. The monoisotopic (exact) mass is 449 g/mol. The first-order chi connectivity index (χ1) is 15.1. The Morgan fingerprint density at radius 1 is 1.35 bits per heavy atom. The molecule has 8 nitrogen and oxygen atoms in total. The topological polar surface area (TPSA) is 96.9 Å². The van der Waals surface area contributed by atoms with Crippen LogP contribution >= 0.6 is 12.1 Å². The summed E-state index contributed by atoms with van der Waals surface area (Å²) in [6.45, 7) is 6.90. The Labute approximate surface area is 188 Å². The van der Waals surface area contributed by atoms with Crippen molar-refractivity contribution in [2.45, 2.75) is 69.5 Å². The Kier molecular flexibility index (Phi) is 6.57. The molecular weight excluding hydrogens is 414 g/mol. The molecule has 3 saturated heterocycles. The summed E-state index contributed by atoms with van der Waals surface area (Å²) in [4.78, 5) is 12.7. The van der Waals surface area contributed by atoms with E-state index in [0.717, 1.165) is 37.0 Å². The molecule has 1 aliphatic carbocycles. The van der Waals surface area contributed by atoms with Crippen LogP contribution in [0.1, 0.15) is 67.6 Å². The molecule has 4 heterocycles. The molecule has 0 spiro atoms. The van der Waals surface area contributed by atoms with E-state index in [1.807, 2.05) is 12.1 Å². The van der Waals surface area contributed by atoms with E-state index in [4.69, 9.17) is 15.0 Å². The summed E-state index contributed by atoms with van der Waals surface area (Å²) in [5.41, 5.74) is 6.52. The van der Waals surface area contributed by atoms with Gasteiger partial charge in [0, 0.05) is 56.0 Å². The Morgan fingerprint density at radius 3 is 2.81 bits per heavy atom. The van der Waals surface area contributed by atoms with Gasteiger partial charge in [0.2, 0.25) is 0 Å². The van der Waals surface area contributed by atoms with Crippen molar-refractivity contribution in [2.75, 3.05) is 32.8 Å². The second-order valence-electron chi connectivity index (χ2n) is 9.78. The number of nitrogens with zero attached hydrogens (tertiary/aromatic N) is 3. The SMILES string of the molecule is CCC(CC1CCCN1SN1CC2CC(N)CC2C1)NC(=O)c1cc(C2COC2)on1. The van der Waals surface area contributed by atoms with E-state index in [2.05, 4.69) is 26.0 Å². The molecule has 31 heavy (non-hydrogen) atoms. The average Bonchev–Trinajstić information content (AvgIpc) is 3.46. The van der Waals surface area contributed by atoms with Crippen molar-refractivity contribution in [3.63, 3.8) is 0 Å². The number of carbonyl (C=O) groups is 1. The number of nitrogens with two attached hydrogens (primary N) is 1. The minimum Gasteiger partial charge on any atom is -0.380 e. The third-order valence-electron chi connectivity index (χ3n) is 7.48. The van der Waals surface area contributed by atoms with Crippen molar-refractivity contribution in [3.05, 3.63) is 17.5 Å². The number of hydrogen-bond acceptors (Lipinski definition) is 8. The lowest BCUT2D eigenvalue weighted by atomic mass is 10.0. The maximum atomic E-state index is 12.7. The van der Waals surface area contributed by atoms with Crippen LogP contribution in [0.2, 0.25) is 0 Å². The van der Waals surface area contributed by atoms with Crippen molar-refractivity contribution in [1.29, 1.82) is 0 Å².